The Morgan fingerprint density at radius 2 is 2.04 bits per heavy atom. The molecule has 2 heterocycles. The number of H-pyrrole nitrogens is 2. The average molecular weight is 400 g/mol. The summed E-state index contributed by atoms with van der Waals surface area (Å²) in [5.74, 6) is 0.539. The van der Waals surface area contributed by atoms with E-state index in [-0.39, 0.29) is 22.2 Å². The molecule has 0 aliphatic heterocycles. The number of nitrogens with zero attached hydrogens (tertiary/aromatic N) is 2. The summed E-state index contributed by atoms with van der Waals surface area (Å²) in [6.45, 7) is 1.73. The lowest BCUT2D eigenvalue weighted by Crippen LogP contribution is -2.10. The van der Waals surface area contributed by atoms with E-state index in [0.717, 1.165) is 37.1 Å². The molecular weight excluding hydrogens is 379 g/mol. The number of carbonyl (C=O) groups excluding carboxylic acids is 1. The summed E-state index contributed by atoms with van der Waals surface area (Å²) in [7, 11) is 0. The van der Waals surface area contributed by atoms with Gasteiger partial charge in [0.1, 0.15) is 11.3 Å². The van der Waals surface area contributed by atoms with E-state index >= 15 is 0 Å². The highest BCUT2D eigenvalue weighted by Crippen LogP contribution is 2.21. The van der Waals surface area contributed by atoms with Crippen LogP contribution in [0, 0.1) is 12.7 Å². The van der Waals surface area contributed by atoms with Crippen LogP contribution in [0.25, 0.3) is 10.9 Å². The lowest BCUT2D eigenvalue weighted by molar-refractivity contribution is 0.0972. The number of halogens is 1. The average Bonchev–Trinajstić information content (AvgIpc) is 3.10. The van der Waals surface area contributed by atoms with Crippen LogP contribution in [0.5, 0.6) is 0 Å². The van der Waals surface area contributed by atoms with Gasteiger partial charge in [0.2, 0.25) is 0 Å². The minimum absolute atomic E-state index is 0.00326. The highest BCUT2D eigenvalue weighted by Gasteiger charge is 2.18. The number of aryl methyl sites for hydroxylation is 3. The largest absolute Gasteiger partial charge is 0.339 e. The third-order valence-electron chi connectivity index (χ3n) is 4.89. The Morgan fingerprint density at radius 3 is 2.86 bits per heavy atom. The monoisotopic (exact) mass is 400 g/mol. The number of aromatic nitrogens is 4. The number of hydrogen-bond donors (Lipinski definition) is 2. The Labute approximate surface area is 165 Å². The first-order valence-electron chi connectivity index (χ1n) is 9.45. The number of ketones is 1. The maximum absolute atomic E-state index is 14.1. The molecule has 0 saturated heterocycles. The van der Waals surface area contributed by atoms with Crippen LogP contribution >= 0.6 is 11.8 Å². The molecule has 0 unspecified atom stereocenters. The summed E-state index contributed by atoms with van der Waals surface area (Å²) in [5, 5.41) is 0.611. The van der Waals surface area contributed by atoms with Crippen molar-refractivity contribution in [1.82, 2.24) is 19.9 Å². The molecule has 0 radical (unpaired) electrons. The molecule has 1 aromatic carbocycles. The van der Waals surface area contributed by atoms with Gasteiger partial charge in [-0.1, -0.05) is 11.8 Å². The summed E-state index contributed by atoms with van der Waals surface area (Å²) in [4.78, 5) is 39.0. The van der Waals surface area contributed by atoms with Crippen molar-refractivity contribution in [3.8, 4) is 0 Å². The third-order valence-corrected chi connectivity index (χ3v) is 5.85. The van der Waals surface area contributed by atoms with Gasteiger partial charge < -0.3 is 9.97 Å². The fourth-order valence-electron chi connectivity index (χ4n) is 3.49. The molecule has 2 N–H and O–H groups in total. The lowest BCUT2D eigenvalue weighted by atomic mass is 10.0. The zero-order valence-corrected chi connectivity index (χ0v) is 16.4. The highest BCUT2D eigenvalue weighted by atomic mass is 32.2. The second-order valence-corrected chi connectivity index (χ2v) is 8.19. The Bertz CT molecular complexity index is 1080. The van der Waals surface area contributed by atoms with Crippen molar-refractivity contribution in [3.63, 3.8) is 0 Å². The van der Waals surface area contributed by atoms with Gasteiger partial charge in [-0.15, -0.1) is 0 Å². The van der Waals surface area contributed by atoms with E-state index in [2.05, 4.69) is 19.9 Å². The maximum atomic E-state index is 14.1. The van der Waals surface area contributed by atoms with Gasteiger partial charge in [0.15, 0.2) is 16.8 Å². The standard InChI is InChI=1S/C20H21FN4O2S/c1-11-9-12-17(13(21)10-11)24-20(25-19(12)27)28-8-4-7-16(26)18-22-14-5-2-3-6-15(14)23-18/h9-10H,2-8H2,1H3,(H,22,23)(H,24,25,27). The molecule has 28 heavy (non-hydrogen) atoms. The number of rotatable bonds is 6. The number of imidazole rings is 1. The van der Waals surface area contributed by atoms with Gasteiger partial charge in [-0.25, -0.2) is 14.4 Å². The van der Waals surface area contributed by atoms with Crippen molar-refractivity contribution in [2.75, 3.05) is 5.75 Å². The van der Waals surface area contributed by atoms with E-state index in [9.17, 15) is 14.0 Å². The van der Waals surface area contributed by atoms with Crippen LogP contribution in [0.2, 0.25) is 0 Å². The fourth-order valence-corrected chi connectivity index (χ4v) is 4.29. The van der Waals surface area contributed by atoms with Gasteiger partial charge in [-0.2, -0.15) is 0 Å². The Hall–Kier alpha value is -2.48. The predicted octanol–water partition coefficient (Wildman–Crippen LogP) is 3.73. The summed E-state index contributed by atoms with van der Waals surface area (Å²) in [6, 6.07) is 2.99. The molecule has 146 valence electrons. The van der Waals surface area contributed by atoms with Gasteiger partial charge in [0.05, 0.1) is 11.1 Å². The number of fused-ring (bicyclic) bond motifs is 2. The first-order valence-corrected chi connectivity index (χ1v) is 10.4. The Morgan fingerprint density at radius 1 is 1.21 bits per heavy atom. The fraction of sp³-hybridized carbons (Fsp3) is 0.400. The minimum atomic E-state index is -0.500. The van der Waals surface area contributed by atoms with E-state index in [0.29, 0.717) is 35.1 Å². The van der Waals surface area contributed by atoms with Gasteiger partial charge >= 0.3 is 0 Å². The summed E-state index contributed by atoms with van der Waals surface area (Å²) >= 11 is 1.31. The minimum Gasteiger partial charge on any atom is -0.339 e. The molecule has 1 aliphatic rings. The predicted molar refractivity (Wildman–Crippen MR) is 107 cm³/mol. The maximum Gasteiger partial charge on any atom is 0.259 e. The van der Waals surface area contributed by atoms with Crippen LogP contribution in [-0.2, 0) is 12.8 Å². The molecule has 8 heteroatoms. The van der Waals surface area contributed by atoms with E-state index < -0.39 is 5.82 Å². The molecule has 0 saturated carbocycles. The number of benzene rings is 1. The summed E-state index contributed by atoms with van der Waals surface area (Å²) in [6.07, 6.45) is 5.14. The van der Waals surface area contributed by atoms with Crippen LogP contribution in [0.1, 0.15) is 53.3 Å². The third kappa shape index (κ3) is 3.87. The number of aromatic amines is 2. The molecule has 0 atom stereocenters. The molecule has 0 amide bonds. The van der Waals surface area contributed by atoms with Crippen molar-refractivity contribution < 1.29 is 9.18 Å². The van der Waals surface area contributed by atoms with E-state index in [1.54, 1.807) is 13.0 Å². The van der Waals surface area contributed by atoms with Crippen LogP contribution in [0.4, 0.5) is 4.39 Å². The number of carbonyl (C=O) groups is 1. The molecule has 0 fully saturated rings. The summed E-state index contributed by atoms with van der Waals surface area (Å²) < 4.78 is 14.1. The molecule has 2 aromatic heterocycles. The topological polar surface area (TPSA) is 91.5 Å². The number of nitrogens with one attached hydrogen (secondary N) is 2. The molecule has 1 aliphatic carbocycles. The van der Waals surface area contributed by atoms with Crippen molar-refractivity contribution >= 4 is 28.4 Å². The van der Waals surface area contributed by atoms with Crippen LogP contribution in [-0.4, -0.2) is 31.5 Å². The molecule has 0 spiro atoms. The Balaban J connectivity index is 1.37. The van der Waals surface area contributed by atoms with Crippen molar-refractivity contribution in [2.45, 2.75) is 50.6 Å². The zero-order valence-electron chi connectivity index (χ0n) is 15.6. The number of thioether (sulfide) groups is 1. The van der Waals surface area contributed by atoms with Crippen LogP contribution < -0.4 is 5.56 Å². The van der Waals surface area contributed by atoms with Gasteiger partial charge in [0, 0.05) is 17.9 Å². The van der Waals surface area contributed by atoms with Gasteiger partial charge in [-0.3, -0.25) is 9.59 Å². The van der Waals surface area contributed by atoms with Crippen LogP contribution in [0.3, 0.4) is 0 Å². The SMILES string of the molecule is Cc1cc(F)c2nc(SCCCC(=O)c3nc4c([nH]3)CCCC4)[nH]c(=O)c2c1. The number of hydrogen-bond acceptors (Lipinski definition) is 5. The smallest absolute Gasteiger partial charge is 0.259 e. The Kier molecular flexibility index (Phi) is 5.30. The molecule has 0 bridgehead atoms. The zero-order chi connectivity index (χ0) is 19.7. The normalized spacial score (nSPS) is 13.6. The quantitative estimate of drug-likeness (QED) is 0.285. The second-order valence-electron chi connectivity index (χ2n) is 7.11. The van der Waals surface area contributed by atoms with Crippen molar-refractivity contribution in [1.29, 1.82) is 0 Å². The first-order chi connectivity index (χ1) is 13.5. The van der Waals surface area contributed by atoms with Crippen molar-refractivity contribution in [3.05, 3.63) is 51.1 Å². The number of Topliss-reactive ketones (excluding diaryl/α,β-unsaturated/α-hetero) is 1. The molecular formula is C20H21FN4O2S. The van der Waals surface area contributed by atoms with Gasteiger partial charge in [0.25, 0.3) is 5.56 Å². The van der Waals surface area contributed by atoms with E-state index in [1.165, 1.54) is 17.8 Å². The molecule has 6 nitrogen and oxygen atoms in total. The lowest BCUT2D eigenvalue weighted by Gasteiger charge is -2.07. The molecule has 3 aromatic rings. The first kappa shape index (κ1) is 18.9. The highest BCUT2D eigenvalue weighted by molar-refractivity contribution is 7.99. The summed E-state index contributed by atoms with van der Waals surface area (Å²) in [5.41, 5.74) is 2.52. The van der Waals surface area contributed by atoms with Crippen LogP contribution in [0.15, 0.2) is 22.1 Å². The molecule has 4 rings (SSSR count). The second kappa shape index (κ2) is 7.87. The van der Waals surface area contributed by atoms with E-state index in [1.807, 2.05) is 0 Å². The van der Waals surface area contributed by atoms with Gasteiger partial charge in [-0.05, 0) is 56.7 Å². The van der Waals surface area contributed by atoms with Crippen molar-refractivity contribution in [2.24, 2.45) is 0 Å². The van der Waals surface area contributed by atoms with E-state index in [4.69, 9.17) is 0 Å².